The van der Waals surface area contributed by atoms with E-state index in [0.717, 1.165) is 5.56 Å². The third kappa shape index (κ3) is 3.28. The van der Waals surface area contributed by atoms with Crippen molar-refractivity contribution in [3.63, 3.8) is 0 Å². The summed E-state index contributed by atoms with van der Waals surface area (Å²) >= 11 is 0. The number of rotatable bonds is 5. The second-order valence-electron chi connectivity index (χ2n) is 6.03. The van der Waals surface area contributed by atoms with Gasteiger partial charge in [-0.2, -0.15) is 0 Å². The molecule has 1 aliphatic rings. The second kappa shape index (κ2) is 6.52. The fraction of sp³-hybridized carbons (Fsp3) is 0.412. The molecular formula is C17H20N2O4. The fourth-order valence-electron chi connectivity index (χ4n) is 2.89. The van der Waals surface area contributed by atoms with Crippen molar-refractivity contribution in [3.05, 3.63) is 68.5 Å². The minimum atomic E-state index is -0.645. The molecule has 0 bridgehead atoms. The number of hydrogen-bond acceptors (Lipinski definition) is 4. The van der Waals surface area contributed by atoms with Crippen molar-refractivity contribution < 1.29 is 9.84 Å². The van der Waals surface area contributed by atoms with Crippen molar-refractivity contribution in [3.8, 4) is 0 Å². The highest BCUT2D eigenvalue weighted by atomic mass is 16.5. The molecule has 3 atom stereocenters. The quantitative estimate of drug-likeness (QED) is 0.861. The van der Waals surface area contributed by atoms with Crippen LogP contribution in [0.15, 0.2) is 46.1 Å². The van der Waals surface area contributed by atoms with Crippen LogP contribution in [0.3, 0.4) is 0 Å². The van der Waals surface area contributed by atoms with Crippen LogP contribution in [0.5, 0.6) is 0 Å². The number of aromatic nitrogens is 2. The Balaban J connectivity index is 1.56. The van der Waals surface area contributed by atoms with Gasteiger partial charge in [-0.05, 0) is 18.9 Å². The van der Waals surface area contributed by atoms with Gasteiger partial charge < -0.3 is 9.84 Å². The zero-order valence-corrected chi connectivity index (χ0v) is 12.9. The molecule has 0 aliphatic heterocycles. The number of aromatic amines is 1. The number of aliphatic hydroxyl groups excluding tert-OH is 1. The van der Waals surface area contributed by atoms with E-state index in [-0.39, 0.29) is 17.5 Å². The first-order chi connectivity index (χ1) is 11.1. The second-order valence-corrected chi connectivity index (χ2v) is 6.03. The summed E-state index contributed by atoms with van der Waals surface area (Å²) < 4.78 is 7.06. The van der Waals surface area contributed by atoms with Gasteiger partial charge in [-0.25, -0.2) is 4.79 Å². The summed E-state index contributed by atoms with van der Waals surface area (Å²) in [4.78, 5) is 25.5. The van der Waals surface area contributed by atoms with Crippen LogP contribution in [-0.2, 0) is 11.3 Å². The lowest BCUT2D eigenvalue weighted by Crippen LogP contribution is -2.49. The van der Waals surface area contributed by atoms with Gasteiger partial charge in [-0.1, -0.05) is 30.3 Å². The van der Waals surface area contributed by atoms with Crippen LogP contribution in [0.25, 0.3) is 0 Å². The molecule has 0 amide bonds. The van der Waals surface area contributed by atoms with Crippen LogP contribution < -0.4 is 11.2 Å². The van der Waals surface area contributed by atoms with E-state index in [0.29, 0.717) is 25.2 Å². The molecule has 1 aromatic heterocycles. The number of ether oxygens (including phenoxy) is 1. The van der Waals surface area contributed by atoms with Gasteiger partial charge in [0.05, 0.1) is 25.4 Å². The number of nitrogens with zero attached hydrogens (tertiary/aromatic N) is 1. The molecule has 23 heavy (non-hydrogen) atoms. The molecule has 1 heterocycles. The number of H-pyrrole nitrogens is 1. The molecule has 6 heteroatoms. The maximum Gasteiger partial charge on any atom is 0.328 e. The topological polar surface area (TPSA) is 84.3 Å². The first-order valence-corrected chi connectivity index (χ1v) is 7.68. The lowest BCUT2D eigenvalue weighted by atomic mass is 9.77. The predicted molar refractivity (Wildman–Crippen MR) is 85.3 cm³/mol. The molecule has 3 rings (SSSR count). The average Bonchev–Trinajstić information content (AvgIpc) is 2.55. The number of nitrogens with one attached hydrogen (secondary N) is 1. The number of hydrogen-bond donors (Lipinski definition) is 2. The van der Waals surface area contributed by atoms with E-state index >= 15 is 0 Å². The van der Waals surface area contributed by atoms with Crippen LogP contribution in [-0.4, -0.2) is 27.4 Å². The van der Waals surface area contributed by atoms with Gasteiger partial charge in [-0.3, -0.25) is 14.3 Å². The summed E-state index contributed by atoms with van der Waals surface area (Å²) in [6, 6.07) is 9.54. The highest BCUT2D eigenvalue weighted by molar-refractivity contribution is 5.13. The van der Waals surface area contributed by atoms with Crippen LogP contribution in [0.4, 0.5) is 0 Å². The molecule has 6 nitrogen and oxygen atoms in total. The molecule has 0 spiro atoms. The van der Waals surface area contributed by atoms with E-state index in [1.807, 2.05) is 30.3 Å². The normalized spacial score (nSPS) is 23.5. The standard InChI is InChI=1S/C17H20N2O4/c1-11-8-19(17(22)18-16(11)21)14-7-13(15(14)20)10-23-9-12-5-3-2-4-6-12/h2-6,8,13-15,20H,7,9-10H2,1H3,(H,18,21,22)/t13-,14-,15+/m1/s1. The van der Waals surface area contributed by atoms with E-state index in [1.165, 1.54) is 10.8 Å². The Bertz CT molecular complexity index is 781. The number of benzene rings is 1. The summed E-state index contributed by atoms with van der Waals surface area (Å²) in [5.41, 5.74) is 0.682. The van der Waals surface area contributed by atoms with Crippen molar-refractivity contribution in [2.45, 2.75) is 32.1 Å². The summed E-state index contributed by atoms with van der Waals surface area (Å²) in [7, 11) is 0. The Hall–Kier alpha value is -2.18. The molecule has 122 valence electrons. The minimum Gasteiger partial charge on any atom is -0.391 e. The smallest absolute Gasteiger partial charge is 0.328 e. The SMILES string of the molecule is Cc1cn([C@@H]2C[C@H](COCc3ccccc3)[C@@H]2O)c(=O)[nH]c1=O. The first-order valence-electron chi connectivity index (χ1n) is 7.68. The number of aryl methyl sites for hydroxylation is 1. The molecule has 1 fully saturated rings. The van der Waals surface area contributed by atoms with E-state index < -0.39 is 11.8 Å². The first kappa shape index (κ1) is 15.7. The molecule has 1 saturated carbocycles. The maximum absolute atomic E-state index is 11.8. The Morgan fingerprint density at radius 2 is 2.04 bits per heavy atom. The van der Waals surface area contributed by atoms with Gasteiger partial charge in [0.25, 0.3) is 5.56 Å². The third-order valence-corrected chi connectivity index (χ3v) is 4.37. The van der Waals surface area contributed by atoms with Crippen LogP contribution in [0.2, 0.25) is 0 Å². The number of aliphatic hydroxyl groups is 1. The lowest BCUT2D eigenvalue weighted by Gasteiger charge is -2.41. The van der Waals surface area contributed by atoms with Crippen LogP contribution >= 0.6 is 0 Å². The maximum atomic E-state index is 11.8. The van der Waals surface area contributed by atoms with Crippen LogP contribution in [0.1, 0.15) is 23.6 Å². The lowest BCUT2D eigenvalue weighted by molar-refractivity contribution is -0.0764. The fourth-order valence-corrected chi connectivity index (χ4v) is 2.89. The molecule has 1 aromatic carbocycles. The largest absolute Gasteiger partial charge is 0.391 e. The van der Waals surface area contributed by atoms with Gasteiger partial charge in [-0.15, -0.1) is 0 Å². The van der Waals surface area contributed by atoms with E-state index in [9.17, 15) is 14.7 Å². The van der Waals surface area contributed by atoms with Crippen LogP contribution in [0, 0.1) is 12.8 Å². The zero-order chi connectivity index (χ0) is 16.4. The Labute approximate surface area is 133 Å². The van der Waals surface area contributed by atoms with Gasteiger partial charge >= 0.3 is 5.69 Å². The van der Waals surface area contributed by atoms with Gasteiger partial charge in [0, 0.05) is 17.7 Å². The molecular weight excluding hydrogens is 296 g/mol. The van der Waals surface area contributed by atoms with E-state index in [2.05, 4.69) is 4.98 Å². The minimum absolute atomic E-state index is 0.00264. The summed E-state index contributed by atoms with van der Waals surface area (Å²) in [6.45, 7) is 2.59. The van der Waals surface area contributed by atoms with Crippen molar-refractivity contribution >= 4 is 0 Å². The van der Waals surface area contributed by atoms with Crippen molar-refractivity contribution in [1.82, 2.24) is 9.55 Å². The van der Waals surface area contributed by atoms with E-state index in [1.54, 1.807) is 6.92 Å². The highest BCUT2D eigenvalue weighted by Gasteiger charge is 2.41. The van der Waals surface area contributed by atoms with Gasteiger partial charge in [0.1, 0.15) is 0 Å². The molecule has 2 N–H and O–H groups in total. The summed E-state index contributed by atoms with van der Waals surface area (Å²) in [5, 5.41) is 10.3. The molecule has 0 unspecified atom stereocenters. The summed E-state index contributed by atoms with van der Waals surface area (Å²) in [5.74, 6) is 0.00264. The highest BCUT2D eigenvalue weighted by Crippen LogP contribution is 2.37. The van der Waals surface area contributed by atoms with E-state index in [4.69, 9.17) is 4.74 Å². The molecule has 0 saturated heterocycles. The zero-order valence-electron chi connectivity index (χ0n) is 12.9. The molecule has 2 aromatic rings. The average molecular weight is 316 g/mol. The van der Waals surface area contributed by atoms with Crippen molar-refractivity contribution in [2.24, 2.45) is 5.92 Å². The third-order valence-electron chi connectivity index (χ3n) is 4.37. The monoisotopic (exact) mass is 316 g/mol. The van der Waals surface area contributed by atoms with Crippen molar-refractivity contribution in [2.75, 3.05) is 6.61 Å². The van der Waals surface area contributed by atoms with Crippen molar-refractivity contribution in [1.29, 1.82) is 0 Å². The summed E-state index contributed by atoms with van der Waals surface area (Å²) in [6.07, 6.45) is 1.52. The Morgan fingerprint density at radius 3 is 2.74 bits per heavy atom. The Kier molecular flexibility index (Phi) is 4.45. The molecule has 1 aliphatic carbocycles. The Morgan fingerprint density at radius 1 is 1.30 bits per heavy atom. The van der Waals surface area contributed by atoms with Gasteiger partial charge in [0.15, 0.2) is 0 Å². The van der Waals surface area contributed by atoms with Gasteiger partial charge in [0.2, 0.25) is 0 Å². The predicted octanol–water partition coefficient (Wildman–Crippen LogP) is 0.984. The molecule has 0 radical (unpaired) electrons.